The Morgan fingerprint density at radius 3 is 2.83 bits per heavy atom. The van der Waals surface area contributed by atoms with Crippen LogP contribution in [0.4, 0.5) is 11.9 Å². The van der Waals surface area contributed by atoms with Gasteiger partial charge in [0.15, 0.2) is 0 Å². The minimum Gasteiger partial charge on any atom is -0.357 e. The highest BCUT2D eigenvalue weighted by atomic mass is 35.5. The smallest absolute Gasteiger partial charge is 0.228 e. The minimum absolute atomic E-state index is 0.206. The quantitative estimate of drug-likeness (QED) is 0.860. The highest BCUT2D eigenvalue weighted by Crippen LogP contribution is 2.16. The Labute approximate surface area is 112 Å². The van der Waals surface area contributed by atoms with Gasteiger partial charge < -0.3 is 15.5 Å². The second kappa shape index (κ2) is 6.15. The third kappa shape index (κ3) is 3.68. The molecule has 7 heteroatoms. The molecule has 1 atom stereocenters. The number of aromatic nitrogens is 3. The Morgan fingerprint density at radius 1 is 1.33 bits per heavy atom. The zero-order valence-electron chi connectivity index (χ0n) is 10.8. The first-order valence-corrected chi connectivity index (χ1v) is 6.57. The summed E-state index contributed by atoms with van der Waals surface area (Å²) in [5.74, 6) is 1.66. The first-order chi connectivity index (χ1) is 8.67. The molecule has 1 unspecified atom stereocenters. The summed E-state index contributed by atoms with van der Waals surface area (Å²) in [6, 6.07) is 0. The molecule has 18 heavy (non-hydrogen) atoms. The average molecular weight is 271 g/mol. The topological polar surface area (TPSA) is 66.0 Å². The summed E-state index contributed by atoms with van der Waals surface area (Å²) in [6.07, 6.45) is 2.50. The van der Waals surface area contributed by atoms with E-state index < -0.39 is 0 Å². The Morgan fingerprint density at radius 2 is 2.11 bits per heavy atom. The molecule has 1 aromatic rings. The molecule has 0 amide bonds. The molecule has 2 heterocycles. The van der Waals surface area contributed by atoms with E-state index in [1.54, 1.807) is 7.05 Å². The Hall–Kier alpha value is -1.14. The zero-order chi connectivity index (χ0) is 13.0. The van der Waals surface area contributed by atoms with Crippen LogP contribution in [0.25, 0.3) is 0 Å². The molecule has 1 fully saturated rings. The van der Waals surface area contributed by atoms with E-state index >= 15 is 0 Å². The SMILES string of the molecule is CNc1nc(Cl)nc(NCC2CCCN(C)C2)n1. The molecule has 0 saturated carbocycles. The van der Waals surface area contributed by atoms with Gasteiger partial charge in [0, 0.05) is 20.1 Å². The van der Waals surface area contributed by atoms with Crippen LogP contribution < -0.4 is 10.6 Å². The highest BCUT2D eigenvalue weighted by molar-refractivity contribution is 6.28. The molecule has 2 N–H and O–H groups in total. The maximum absolute atomic E-state index is 5.82. The lowest BCUT2D eigenvalue weighted by Gasteiger charge is -2.29. The number of hydrogen-bond acceptors (Lipinski definition) is 6. The van der Waals surface area contributed by atoms with Gasteiger partial charge in [-0.25, -0.2) is 0 Å². The van der Waals surface area contributed by atoms with Crippen LogP contribution in [-0.2, 0) is 0 Å². The van der Waals surface area contributed by atoms with Crippen molar-refractivity contribution in [2.45, 2.75) is 12.8 Å². The molecule has 2 rings (SSSR count). The Balaban J connectivity index is 1.91. The third-order valence-electron chi connectivity index (χ3n) is 3.10. The van der Waals surface area contributed by atoms with Crippen molar-refractivity contribution in [2.75, 3.05) is 44.4 Å². The summed E-state index contributed by atoms with van der Waals surface area (Å²) in [4.78, 5) is 14.6. The number of nitrogens with one attached hydrogen (secondary N) is 2. The van der Waals surface area contributed by atoms with Gasteiger partial charge in [-0.3, -0.25) is 0 Å². The van der Waals surface area contributed by atoms with Crippen molar-refractivity contribution in [3.8, 4) is 0 Å². The van der Waals surface area contributed by atoms with Crippen LogP contribution in [0.3, 0.4) is 0 Å². The summed E-state index contributed by atoms with van der Waals surface area (Å²) in [5.41, 5.74) is 0. The van der Waals surface area contributed by atoms with Crippen LogP contribution in [0.2, 0.25) is 5.28 Å². The van der Waals surface area contributed by atoms with Crippen LogP contribution in [0.1, 0.15) is 12.8 Å². The largest absolute Gasteiger partial charge is 0.357 e. The molecule has 1 aromatic heterocycles. The van der Waals surface area contributed by atoms with Gasteiger partial charge in [-0.1, -0.05) is 0 Å². The molecule has 6 nitrogen and oxygen atoms in total. The molecular weight excluding hydrogens is 252 g/mol. The second-order valence-corrected chi connectivity index (χ2v) is 4.99. The highest BCUT2D eigenvalue weighted by Gasteiger charge is 2.17. The van der Waals surface area contributed by atoms with E-state index in [-0.39, 0.29) is 5.28 Å². The molecule has 100 valence electrons. The summed E-state index contributed by atoms with van der Waals surface area (Å²) in [5, 5.41) is 6.30. The molecule has 1 saturated heterocycles. The summed E-state index contributed by atoms with van der Waals surface area (Å²) in [7, 11) is 3.91. The van der Waals surface area contributed by atoms with Crippen molar-refractivity contribution in [1.29, 1.82) is 0 Å². The lowest BCUT2D eigenvalue weighted by Crippen LogP contribution is -2.35. The molecule has 0 radical (unpaired) electrons. The first kappa shape index (κ1) is 13.3. The first-order valence-electron chi connectivity index (χ1n) is 6.19. The van der Waals surface area contributed by atoms with Gasteiger partial charge in [0.05, 0.1) is 0 Å². The van der Waals surface area contributed by atoms with Crippen molar-refractivity contribution in [3.63, 3.8) is 0 Å². The lowest BCUT2D eigenvalue weighted by molar-refractivity contribution is 0.217. The predicted molar refractivity (Wildman–Crippen MR) is 73.1 cm³/mol. The summed E-state index contributed by atoms with van der Waals surface area (Å²) >= 11 is 5.82. The van der Waals surface area contributed by atoms with E-state index in [0.29, 0.717) is 17.8 Å². The van der Waals surface area contributed by atoms with Crippen LogP contribution in [0.5, 0.6) is 0 Å². The van der Waals surface area contributed by atoms with Gasteiger partial charge in [-0.15, -0.1) is 0 Å². The van der Waals surface area contributed by atoms with Crippen molar-refractivity contribution in [1.82, 2.24) is 19.9 Å². The fourth-order valence-corrected chi connectivity index (χ4v) is 2.38. The third-order valence-corrected chi connectivity index (χ3v) is 3.27. The van der Waals surface area contributed by atoms with E-state index in [2.05, 4.69) is 37.5 Å². The van der Waals surface area contributed by atoms with Gasteiger partial charge in [-0.2, -0.15) is 15.0 Å². The van der Waals surface area contributed by atoms with E-state index in [0.717, 1.165) is 13.1 Å². The van der Waals surface area contributed by atoms with Crippen molar-refractivity contribution >= 4 is 23.5 Å². The molecule has 0 aromatic carbocycles. The number of hydrogen-bond donors (Lipinski definition) is 2. The molecular formula is C11H19ClN6. The van der Waals surface area contributed by atoms with E-state index in [1.807, 2.05) is 0 Å². The van der Waals surface area contributed by atoms with Crippen molar-refractivity contribution in [3.05, 3.63) is 5.28 Å². The second-order valence-electron chi connectivity index (χ2n) is 4.65. The van der Waals surface area contributed by atoms with Gasteiger partial charge in [0.2, 0.25) is 17.2 Å². The monoisotopic (exact) mass is 270 g/mol. The zero-order valence-corrected chi connectivity index (χ0v) is 11.5. The fraction of sp³-hybridized carbons (Fsp3) is 0.727. The van der Waals surface area contributed by atoms with Gasteiger partial charge in [0.25, 0.3) is 0 Å². The van der Waals surface area contributed by atoms with Gasteiger partial charge in [-0.05, 0) is 44.0 Å². The standard InChI is InChI=1S/C11H19ClN6/c1-13-10-15-9(12)16-11(17-10)14-6-8-4-3-5-18(2)7-8/h8H,3-7H2,1-2H3,(H2,13,14,15,16,17). The van der Waals surface area contributed by atoms with E-state index in [4.69, 9.17) is 11.6 Å². The number of halogens is 1. The number of piperidine rings is 1. The van der Waals surface area contributed by atoms with Crippen LogP contribution in [-0.4, -0.2) is 53.6 Å². The fourth-order valence-electron chi connectivity index (χ4n) is 2.22. The van der Waals surface area contributed by atoms with E-state index in [1.165, 1.54) is 19.4 Å². The lowest BCUT2D eigenvalue weighted by atomic mass is 9.99. The van der Waals surface area contributed by atoms with Crippen LogP contribution >= 0.6 is 11.6 Å². The molecule has 1 aliphatic heterocycles. The predicted octanol–water partition coefficient (Wildman–Crippen LogP) is 1.32. The van der Waals surface area contributed by atoms with Gasteiger partial charge >= 0.3 is 0 Å². The normalized spacial score (nSPS) is 20.7. The number of anilines is 2. The van der Waals surface area contributed by atoms with Crippen LogP contribution in [0, 0.1) is 5.92 Å². The Bertz CT molecular complexity index is 399. The summed E-state index contributed by atoms with van der Waals surface area (Å²) < 4.78 is 0. The van der Waals surface area contributed by atoms with Crippen LogP contribution in [0.15, 0.2) is 0 Å². The van der Waals surface area contributed by atoms with Crippen molar-refractivity contribution < 1.29 is 0 Å². The number of rotatable bonds is 4. The maximum Gasteiger partial charge on any atom is 0.228 e. The number of nitrogens with zero attached hydrogens (tertiary/aromatic N) is 4. The molecule has 0 aliphatic carbocycles. The van der Waals surface area contributed by atoms with Gasteiger partial charge in [0.1, 0.15) is 0 Å². The average Bonchev–Trinajstić information content (AvgIpc) is 2.36. The maximum atomic E-state index is 5.82. The molecule has 1 aliphatic rings. The Kier molecular flexibility index (Phi) is 4.54. The number of likely N-dealkylation sites (tertiary alicyclic amines) is 1. The molecule has 0 spiro atoms. The summed E-state index contributed by atoms with van der Waals surface area (Å²) in [6.45, 7) is 3.18. The van der Waals surface area contributed by atoms with E-state index in [9.17, 15) is 0 Å². The molecule has 0 bridgehead atoms. The van der Waals surface area contributed by atoms with Crippen molar-refractivity contribution in [2.24, 2.45) is 5.92 Å². The minimum atomic E-state index is 0.206.